The number of nitrogens with zero attached hydrogens (tertiary/aromatic N) is 2. The molecule has 1 N–H and O–H groups in total. The maximum atomic E-state index is 5.67. The minimum Gasteiger partial charge on any atom is -0.468 e. The summed E-state index contributed by atoms with van der Waals surface area (Å²) in [6, 6.07) is 8.30. The van der Waals surface area contributed by atoms with Gasteiger partial charge in [0.15, 0.2) is 0 Å². The van der Waals surface area contributed by atoms with Crippen LogP contribution < -0.4 is 5.32 Å². The zero-order valence-electron chi connectivity index (χ0n) is 19.6. The standard InChI is InChI=1S/C28H31N3O/c1-7-10-16-31(6)26(9-3)22-15-14-21-12-11-13-28(30-25(21)17-22)29-24(8-2)23-18-27(20(4)5)32-19-23/h9-10,12-20H,2,7H2,1,3-6H3,(H,29,30)/b16-10-,26-9-. The van der Waals surface area contributed by atoms with Crippen molar-refractivity contribution in [1.82, 2.24) is 10.2 Å². The normalized spacial score (nSPS) is 13.1. The summed E-state index contributed by atoms with van der Waals surface area (Å²) in [6.07, 6.45) is 12.8. The molecule has 4 nitrogen and oxygen atoms in total. The average Bonchev–Trinajstić information content (AvgIpc) is 3.19. The van der Waals surface area contributed by atoms with Crippen LogP contribution in [0.15, 0.2) is 82.4 Å². The Bertz CT molecular complexity index is 1180. The molecule has 0 saturated heterocycles. The lowest BCUT2D eigenvalue weighted by Gasteiger charge is -2.19. The van der Waals surface area contributed by atoms with Crippen molar-refractivity contribution in [3.63, 3.8) is 0 Å². The lowest BCUT2D eigenvalue weighted by molar-refractivity contribution is 0.486. The van der Waals surface area contributed by atoms with E-state index in [0.29, 0.717) is 11.8 Å². The molecule has 2 aromatic rings. The van der Waals surface area contributed by atoms with Crippen LogP contribution in [0.5, 0.6) is 0 Å². The van der Waals surface area contributed by atoms with Gasteiger partial charge in [0.05, 0.1) is 11.4 Å². The van der Waals surface area contributed by atoms with Crippen LogP contribution in [-0.2, 0) is 0 Å². The van der Waals surface area contributed by atoms with Gasteiger partial charge < -0.3 is 14.6 Å². The number of allylic oxidation sites excluding steroid dienone is 2. The Balaban J connectivity index is 1.92. The summed E-state index contributed by atoms with van der Waals surface area (Å²) in [5.41, 5.74) is 11.9. The first-order valence-electron chi connectivity index (χ1n) is 10.9. The maximum Gasteiger partial charge on any atom is 0.139 e. The van der Waals surface area contributed by atoms with Gasteiger partial charge in [-0.25, -0.2) is 4.99 Å². The van der Waals surface area contributed by atoms with Crippen molar-refractivity contribution in [1.29, 1.82) is 0 Å². The van der Waals surface area contributed by atoms with Gasteiger partial charge >= 0.3 is 0 Å². The SMILES string of the molecule is C=C=C(NC1=Nc2cc(/C(=C/C)N(C)/C=C\CC)ccc2C=C=C1)c1coc(C(C)C)c1. The van der Waals surface area contributed by atoms with E-state index < -0.39 is 0 Å². The second-order valence-corrected chi connectivity index (χ2v) is 7.87. The Morgan fingerprint density at radius 2 is 2.09 bits per heavy atom. The van der Waals surface area contributed by atoms with Gasteiger partial charge in [0.2, 0.25) is 0 Å². The topological polar surface area (TPSA) is 40.8 Å². The summed E-state index contributed by atoms with van der Waals surface area (Å²) in [5, 5.41) is 3.33. The molecule has 0 radical (unpaired) electrons. The molecule has 0 unspecified atom stereocenters. The molecule has 32 heavy (non-hydrogen) atoms. The van der Waals surface area contributed by atoms with Gasteiger partial charge in [0.1, 0.15) is 17.9 Å². The monoisotopic (exact) mass is 425 g/mol. The third kappa shape index (κ3) is 5.31. The van der Waals surface area contributed by atoms with E-state index in [9.17, 15) is 0 Å². The van der Waals surface area contributed by atoms with Gasteiger partial charge in [-0.1, -0.05) is 51.6 Å². The Hall–Kier alpha value is -3.71. The van der Waals surface area contributed by atoms with Crippen LogP contribution in [0, 0.1) is 0 Å². The van der Waals surface area contributed by atoms with Crippen molar-refractivity contribution in [2.24, 2.45) is 4.99 Å². The van der Waals surface area contributed by atoms with Crippen LogP contribution in [0.3, 0.4) is 0 Å². The molecule has 0 bridgehead atoms. The van der Waals surface area contributed by atoms with Crippen molar-refractivity contribution in [3.8, 4) is 0 Å². The molecule has 0 fully saturated rings. The number of furan rings is 1. The Morgan fingerprint density at radius 1 is 1.28 bits per heavy atom. The van der Waals surface area contributed by atoms with Crippen molar-refractivity contribution in [3.05, 3.63) is 95.4 Å². The molecule has 164 valence electrons. The molecule has 1 aromatic heterocycles. The minimum absolute atomic E-state index is 0.310. The number of aliphatic imine (C=N–C) groups is 1. The van der Waals surface area contributed by atoms with E-state index in [1.54, 1.807) is 6.26 Å². The van der Waals surface area contributed by atoms with Crippen molar-refractivity contribution < 1.29 is 4.42 Å². The Morgan fingerprint density at radius 3 is 2.75 bits per heavy atom. The van der Waals surface area contributed by atoms with E-state index in [1.165, 1.54) is 0 Å². The fraction of sp³-hybridized carbons (Fsp3) is 0.250. The molecule has 0 spiro atoms. The van der Waals surface area contributed by atoms with Crippen molar-refractivity contribution >= 4 is 29.0 Å². The third-order valence-corrected chi connectivity index (χ3v) is 5.15. The van der Waals surface area contributed by atoms with Crippen LogP contribution in [0.1, 0.15) is 62.5 Å². The van der Waals surface area contributed by atoms with Gasteiger partial charge in [0, 0.05) is 35.9 Å². The van der Waals surface area contributed by atoms with Crippen LogP contribution in [0.2, 0.25) is 0 Å². The third-order valence-electron chi connectivity index (χ3n) is 5.15. The predicted molar refractivity (Wildman–Crippen MR) is 135 cm³/mol. The summed E-state index contributed by atoms with van der Waals surface area (Å²) in [6.45, 7) is 12.2. The van der Waals surface area contributed by atoms with Gasteiger partial charge in [-0.3, -0.25) is 0 Å². The van der Waals surface area contributed by atoms with Crippen molar-refractivity contribution in [2.45, 2.75) is 40.0 Å². The van der Waals surface area contributed by atoms with Gasteiger partial charge in [0.25, 0.3) is 0 Å². The summed E-state index contributed by atoms with van der Waals surface area (Å²) in [4.78, 5) is 6.99. The molecule has 2 heterocycles. The molecule has 3 rings (SSSR count). The number of hydrogen-bond acceptors (Lipinski definition) is 4. The van der Waals surface area contributed by atoms with E-state index in [2.05, 4.69) is 92.6 Å². The lowest BCUT2D eigenvalue weighted by atomic mass is 10.1. The Labute approximate surface area is 191 Å². The molecule has 0 aliphatic carbocycles. The molecule has 1 aliphatic heterocycles. The first kappa shape index (κ1) is 23.0. The second-order valence-electron chi connectivity index (χ2n) is 7.87. The first-order chi connectivity index (χ1) is 15.5. The number of nitrogens with one attached hydrogen (secondary N) is 1. The van der Waals surface area contributed by atoms with Crippen molar-refractivity contribution in [2.75, 3.05) is 7.05 Å². The molecular weight excluding hydrogens is 394 g/mol. The second kappa shape index (κ2) is 10.5. The Kier molecular flexibility index (Phi) is 7.57. The molecule has 1 aromatic carbocycles. The fourth-order valence-electron chi connectivity index (χ4n) is 3.41. The summed E-state index contributed by atoms with van der Waals surface area (Å²) < 4.78 is 5.67. The van der Waals surface area contributed by atoms with Gasteiger partial charge in [-0.2, -0.15) is 0 Å². The molecule has 0 saturated carbocycles. The molecule has 1 aliphatic rings. The van der Waals surface area contributed by atoms with Crippen LogP contribution in [-0.4, -0.2) is 17.8 Å². The van der Waals surface area contributed by atoms with Gasteiger partial charge in [-0.05, 0) is 43.3 Å². The van der Waals surface area contributed by atoms with Crippen LogP contribution in [0.4, 0.5) is 5.69 Å². The minimum atomic E-state index is 0.310. The summed E-state index contributed by atoms with van der Waals surface area (Å²) >= 11 is 0. The van der Waals surface area contributed by atoms with E-state index in [1.807, 2.05) is 25.1 Å². The fourth-order valence-corrected chi connectivity index (χ4v) is 3.41. The lowest BCUT2D eigenvalue weighted by Crippen LogP contribution is -2.18. The van der Waals surface area contributed by atoms with E-state index in [4.69, 9.17) is 9.41 Å². The number of hydrogen-bond donors (Lipinski definition) is 1. The highest BCUT2D eigenvalue weighted by molar-refractivity contribution is 6.01. The van der Waals surface area contributed by atoms with E-state index in [0.717, 1.165) is 46.0 Å². The van der Waals surface area contributed by atoms with E-state index in [-0.39, 0.29) is 0 Å². The molecule has 4 heteroatoms. The number of amidine groups is 1. The molecule has 0 amide bonds. The zero-order valence-corrected chi connectivity index (χ0v) is 19.6. The number of benzene rings is 1. The highest BCUT2D eigenvalue weighted by atomic mass is 16.3. The zero-order chi connectivity index (χ0) is 23.1. The number of rotatable bonds is 7. The summed E-state index contributed by atoms with van der Waals surface area (Å²) in [5.74, 6) is 1.89. The van der Waals surface area contributed by atoms with Crippen LogP contribution >= 0.6 is 0 Å². The van der Waals surface area contributed by atoms with Crippen LogP contribution in [0.25, 0.3) is 17.5 Å². The summed E-state index contributed by atoms with van der Waals surface area (Å²) in [7, 11) is 2.06. The molecule has 0 atom stereocenters. The maximum absolute atomic E-state index is 5.67. The average molecular weight is 426 g/mol. The predicted octanol–water partition coefficient (Wildman–Crippen LogP) is 7.25. The largest absolute Gasteiger partial charge is 0.468 e. The highest BCUT2D eigenvalue weighted by Crippen LogP contribution is 2.29. The smallest absolute Gasteiger partial charge is 0.139 e. The quantitative estimate of drug-likeness (QED) is 0.475. The highest BCUT2D eigenvalue weighted by Gasteiger charge is 2.13. The van der Waals surface area contributed by atoms with E-state index >= 15 is 0 Å². The number of fused-ring (bicyclic) bond motifs is 1. The van der Waals surface area contributed by atoms with Gasteiger partial charge in [-0.15, -0.1) is 11.5 Å². The molecular formula is C28H31N3O. The first-order valence-corrected chi connectivity index (χ1v) is 10.9.